The van der Waals surface area contributed by atoms with Crippen molar-refractivity contribution in [3.8, 4) is 11.1 Å². The fourth-order valence-corrected chi connectivity index (χ4v) is 1.79. The summed E-state index contributed by atoms with van der Waals surface area (Å²) < 4.78 is 104. The van der Waals surface area contributed by atoms with Crippen LogP contribution in [0.3, 0.4) is 0 Å². The van der Waals surface area contributed by atoms with Gasteiger partial charge in [0.15, 0.2) is 23.3 Å². The van der Waals surface area contributed by atoms with Crippen LogP contribution in [-0.2, 0) is 6.18 Å². The minimum atomic E-state index is -5.02. The lowest BCUT2D eigenvalue weighted by atomic mass is 9.97. The molecule has 0 amide bonds. The number of hydrogen-bond donors (Lipinski definition) is 0. The SMILES string of the molecule is Fc1c(F)c(F)c(-c2ccccc2C(F)(F)F)c(F)c1F. The van der Waals surface area contributed by atoms with E-state index in [0.717, 1.165) is 12.1 Å². The highest BCUT2D eigenvalue weighted by Crippen LogP contribution is 2.40. The molecule has 0 saturated heterocycles. The normalized spacial score (nSPS) is 11.8. The number of benzene rings is 2. The Balaban J connectivity index is 2.87. The molecule has 0 nitrogen and oxygen atoms in total. The van der Waals surface area contributed by atoms with Crippen LogP contribution in [0.2, 0.25) is 0 Å². The van der Waals surface area contributed by atoms with E-state index in [0.29, 0.717) is 12.1 Å². The second-order valence-electron chi connectivity index (χ2n) is 3.99. The summed E-state index contributed by atoms with van der Waals surface area (Å²) in [6.45, 7) is 0. The van der Waals surface area contributed by atoms with Gasteiger partial charge in [0, 0.05) is 0 Å². The predicted octanol–water partition coefficient (Wildman–Crippen LogP) is 5.07. The average Bonchev–Trinajstić information content (AvgIpc) is 2.43. The lowest BCUT2D eigenvalue weighted by Crippen LogP contribution is -2.10. The molecule has 2 aromatic rings. The van der Waals surface area contributed by atoms with E-state index in [9.17, 15) is 35.1 Å². The third kappa shape index (κ3) is 2.45. The lowest BCUT2D eigenvalue weighted by molar-refractivity contribution is -0.137. The van der Waals surface area contributed by atoms with Gasteiger partial charge < -0.3 is 0 Å². The highest BCUT2D eigenvalue weighted by Gasteiger charge is 2.36. The Morgan fingerprint density at radius 3 is 1.52 bits per heavy atom. The predicted molar refractivity (Wildman–Crippen MR) is 56.7 cm³/mol. The van der Waals surface area contributed by atoms with E-state index in [2.05, 4.69) is 0 Å². The Morgan fingerprint density at radius 1 is 0.619 bits per heavy atom. The smallest absolute Gasteiger partial charge is 0.203 e. The Hall–Kier alpha value is -2.12. The van der Waals surface area contributed by atoms with E-state index in [4.69, 9.17) is 0 Å². The van der Waals surface area contributed by atoms with Crippen molar-refractivity contribution >= 4 is 0 Å². The molecule has 0 spiro atoms. The van der Waals surface area contributed by atoms with Crippen LogP contribution in [0.5, 0.6) is 0 Å². The number of hydrogen-bond acceptors (Lipinski definition) is 0. The lowest BCUT2D eigenvalue weighted by Gasteiger charge is -2.14. The van der Waals surface area contributed by atoms with Crippen molar-refractivity contribution in [2.75, 3.05) is 0 Å². The number of rotatable bonds is 1. The van der Waals surface area contributed by atoms with Crippen LogP contribution in [0, 0.1) is 29.1 Å². The average molecular weight is 312 g/mol. The third-order valence-corrected chi connectivity index (χ3v) is 2.71. The molecule has 21 heavy (non-hydrogen) atoms. The zero-order valence-corrected chi connectivity index (χ0v) is 9.83. The monoisotopic (exact) mass is 312 g/mol. The van der Waals surface area contributed by atoms with Gasteiger partial charge in [-0.2, -0.15) is 13.2 Å². The van der Waals surface area contributed by atoms with Crippen molar-refractivity contribution in [3.05, 3.63) is 58.9 Å². The Labute approximate surface area is 112 Å². The van der Waals surface area contributed by atoms with Gasteiger partial charge in [-0.15, -0.1) is 0 Å². The third-order valence-electron chi connectivity index (χ3n) is 2.71. The zero-order chi connectivity index (χ0) is 15.9. The molecule has 2 aromatic carbocycles. The largest absolute Gasteiger partial charge is 0.417 e. The molecular formula is C13H4F8. The van der Waals surface area contributed by atoms with Gasteiger partial charge in [-0.1, -0.05) is 18.2 Å². The molecule has 112 valence electrons. The van der Waals surface area contributed by atoms with Gasteiger partial charge in [0.2, 0.25) is 5.82 Å². The first kappa shape index (κ1) is 15.3. The van der Waals surface area contributed by atoms with E-state index in [-0.39, 0.29) is 0 Å². The van der Waals surface area contributed by atoms with E-state index in [1.54, 1.807) is 0 Å². The molecular weight excluding hydrogens is 308 g/mol. The van der Waals surface area contributed by atoms with Crippen molar-refractivity contribution in [2.24, 2.45) is 0 Å². The van der Waals surface area contributed by atoms with Gasteiger partial charge in [-0.05, 0) is 11.6 Å². The quantitative estimate of drug-likeness (QED) is 0.392. The van der Waals surface area contributed by atoms with Gasteiger partial charge in [-0.25, -0.2) is 22.0 Å². The number of halogens is 8. The molecule has 0 saturated carbocycles. The van der Waals surface area contributed by atoms with Gasteiger partial charge in [0.05, 0.1) is 11.1 Å². The van der Waals surface area contributed by atoms with Crippen molar-refractivity contribution in [1.82, 2.24) is 0 Å². The van der Waals surface area contributed by atoms with Gasteiger partial charge in [0.25, 0.3) is 0 Å². The highest BCUT2D eigenvalue weighted by atomic mass is 19.4. The van der Waals surface area contributed by atoms with Crippen LogP contribution >= 0.6 is 0 Å². The van der Waals surface area contributed by atoms with Crippen LogP contribution in [0.15, 0.2) is 24.3 Å². The van der Waals surface area contributed by atoms with Crippen molar-refractivity contribution < 1.29 is 35.1 Å². The Kier molecular flexibility index (Phi) is 3.65. The molecule has 2 rings (SSSR count). The maximum absolute atomic E-state index is 13.6. The Morgan fingerprint density at radius 2 is 1.05 bits per heavy atom. The summed E-state index contributed by atoms with van der Waals surface area (Å²) in [6.07, 6.45) is -5.02. The molecule has 0 unspecified atom stereocenters. The van der Waals surface area contributed by atoms with E-state index in [1.165, 1.54) is 0 Å². The Bertz CT molecular complexity index is 673. The first-order valence-electron chi connectivity index (χ1n) is 5.34. The van der Waals surface area contributed by atoms with Crippen LogP contribution in [-0.4, -0.2) is 0 Å². The van der Waals surface area contributed by atoms with E-state index < -0.39 is 52.0 Å². The molecule has 0 fully saturated rings. The van der Waals surface area contributed by atoms with Crippen molar-refractivity contribution in [3.63, 3.8) is 0 Å². The van der Waals surface area contributed by atoms with E-state index in [1.807, 2.05) is 0 Å². The second-order valence-corrected chi connectivity index (χ2v) is 3.99. The summed E-state index contributed by atoms with van der Waals surface area (Å²) >= 11 is 0. The summed E-state index contributed by atoms with van der Waals surface area (Å²) in [5.41, 5.74) is -4.25. The molecule has 0 radical (unpaired) electrons. The first-order chi connectivity index (χ1) is 9.66. The maximum Gasteiger partial charge on any atom is 0.417 e. The molecule has 0 bridgehead atoms. The molecule has 0 aliphatic rings. The molecule has 0 aliphatic carbocycles. The van der Waals surface area contributed by atoms with Crippen molar-refractivity contribution in [2.45, 2.75) is 6.18 Å². The van der Waals surface area contributed by atoms with Crippen LogP contribution in [0.4, 0.5) is 35.1 Å². The molecule has 0 aromatic heterocycles. The first-order valence-corrected chi connectivity index (χ1v) is 5.34. The maximum atomic E-state index is 13.6. The highest BCUT2D eigenvalue weighted by molar-refractivity contribution is 5.69. The van der Waals surface area contributed by atoms with Gasteiger partial charge >= 0.3 is 6.18 Å². The van der Waals surface area contributed by atoms with Gasteiger partial charge in [0.1, 0.15) is 0 Å². The minimum Gasteiger partial charge on any atom is -0.203 e. The fraction of sp³-hybridized carbons (Fsp3) is 0.0769. The summed E-state index contributed by atoms with van der Waals surface area (Å²) in [7, 11) is 0. The van der Waals surface area contributed by atoms with Gasteiger partial charge in [-0.3, -0.25) is 0 Å². The molecule has 0 heterocycles. The second kappa shape index (κ2) is 5.01. The molecule has 0 atom stereocenters. The van der Waals surface area contributed by atoms with Crippen LogP contribution < -0.4 is 0 Å². The fourth-order valence-electron chi connectivity index (χ4n) is 1.79. The van der Waals surface area contributed by atoms with Crippen LogP contribution in [0.1, 0.15) is 5.56 Å². The van der Waals surface area contributed by atoms with Crippen molar-refractivity contribution in [1.29, 1.82) is 0 Å². The number of alkyl halides is 3. The molecule has 0 aliphatic heterocycles. The van der Waals surface area contributed by atoms with E-state index >= 15 is 0 Å². The standard InChI is InChI=1S/C13H4F8/c14-8-7(9(15)11(17)12(18)10(8)16)5-3-1-2-4-6(5)13(19,20)21/h1-4H. The summed E-state index contributed by atoms with van der Waals surface area (Å²) in [6, 6.07) is 3.02. The zero-order valence-electron chi connectivity index (χ0n) is 9.83. The van der Waals surface area contributed by atoms with Crippen LogP contribution in [0.25, 0.3) is 11.1 Å². The summed E-state index contributed by atoms with van der Waals surface area (Å²) in [5, 5.41) is 0. The minimum absolute atomic E-state index is 0.480. The summed E-state index contributed by atoms with van der Waals surface area (Å²) in [5.74, 6) is -11.7. The topological polar surface area (TPSA) is 0 Å². The molecule has 8 heteroatoms. The molecule has 0 N–H and O–H groups in total. The summed E-state index contributed by atoms with van der Waals surface area (Å²) in [4.78, 5) is 0.